The second-order valence-electron chi connectivity index (χ2n) is 4.88. The van der Waals surface area contributed by atoms with Crippen molar-refractivity contribution in [1.29, 1.82) is 0 Å². The summed E-state index contributed by atoms with van der Waals surface area (Å²) in [4.78, 5) is 12.1. The Morgan fingerprint density at radius 3 is 2.29 bits per heavy atom. The maximum atomic E-state index is 12.1. The van der Waals surface area contributed by atoms with Crippen LogP contribution in [-0.2, 0) is 6.42 Å². The molecule has 3 aromatic rings. The Morgan fingerprint density at radius 1 is 0.905 bits per heavy atom. The molecule has 0 unspecified atom stereocenters. The lowest BCUT2D eigenvalue weighted by molar-refractivity contribution is 0.0982. The average Bonchev–Trinajstić information content (AvgIpc) is 3.03. The lowest BCUT2D eigenvalue weighted by Crippen LogP contribution is -2.02. The molecule has 0 bridgehead atoms. The zero-order valence-corrected chi connectivity index (χ0v) is 11.6. The smallest absolute Gasteiger partial charge is 0.163 e. The van der Waals surface area contributed by atoms with Crippen LogP contribution in [0.4, 0.5) is 0 Å². The van der Waals surface area contributed by atoms with Gasteiger partial charge in [0.1, 0.15) is 0 Å². The summed E-state index contributed by atoms with van der Waals surface area (Å²) >= 11 is 0. The van der Waals surface area contributed by atoms with Crippen molar-refractivity contribution in [2.45, 2.75) is 12.8 Å². The minimum atomic E-state index is 0.157. The molecule has 0 aliphatic rings. The van der Waals surface area contributed by atoms with Crippen LogP contribution < -0.4 is 0 Å². The van der Waals surface area contributed by atoms with Crippen LogP contribution in [0.1, 0.15) is 22.5 Å². The van der Waals surface area contributed by atoms with Crippen LogP contribution >= 0.6 is 0 Å². The van der Waals surface area contributed by atoms with E-state index in [4.69, 9.17) is 0 Å². The number of hydrogen-bond donors (Lipinski definition) is 0. The topological polar surface area (TPSA) is 34.9 Å². The Kier molecular flexibility index (Phi) is 3.92. The van der Waals surface area contributed by atoms with Crippen LogP contribution in [0.25, 0.3) is 5.69 Å². The molecule has 0 fully saturated rings. The van der Waals surface area contributed by atoms with Crippen molar-refractivity contribution >= 4 is 5.78 Å². The van der Waals surface area contributed by atoms with Crippen molar-refractivity contribution in [3.63, 3.8) is 0 Å². The van der Waals surface area contributed by atoms with Crippen LogP contribution in [0.15, 0.2) is 72.9 Å². The lowest BCUT2D eigenvalue weighted by atomic mass is 10.1. The van der Waals surface area contributed by atoms with Crippen molar-refractivity contribution in [3.05, 3.63) is 84.2 Å². The first kappa shape index (κ1) is 13.3. The second kappa shape index (κ2) is 6.18. The van der Waals surface area contributed by atoms with Crippen LogP contribution in [0.3, 0.4) is 0 Å². The maximum Gasteiger partial charge on any atom is 0.163 e. The highest BCUT2D eigenvalue weighted by Gasteiger charge is 2.07. The Morgan fingerprint density at radius 2 is 1.57 bits per heavy atom. The summed E-state index contributed by atoms with van der Waals surface area (Å²) in [5.74, 6) is 0.157. The number of Topliss-reactive ketones (excluding diaryl/α,β-unsaturated/α-hetero) is 1. The molecule has 104 valence electrons. The summed E-state index contributed by atoms with van der Waals surface area (Å²) < 4.78 is 1.84. The third-order valence-electron chi connectivity index (χ3n) is 3.37. The monoisotopic (exact) mass is 276 g/mol. The second-order valence-corrected chi connectivity index (χ2v) is 4.88. The molecule has 0 radical (unpaired) electrons. The fraction of sp³-hybridized carbons (Fsp3) is 0.111. The van der Waals surface area contributed by atoms with Gasteiger partial charge in [-0.05, 0) is 24.6 Å². The molecule has 0 atom stereocenters. The number of benzene rings is 2. The van der Waals surface area contributed by atoms with Crippen molar-refractivity contribution in [3.8, 4) is 5.69 Å². The Labute approximate surface area is 123 Å². The summed E-state index contributed by atoms with van der Waals surface area (Å²) in [5, 5.41) is 4.51. The maximum absolute atomic E-state index is 12.1. The van der Waals surface area contributed by atoms with Gasteiger partial charge in [-0.15, -0.1) is 0 Å². The third kappa shape index (κ3) is 3.26. The predicted octanol–water partition coefficient (Wildman–Crippen LogP) is 3.69. The molecule has 3 heteroatoms. The van der Waals surface area contributed by atoms with E-state index in [1.165, 1.54) is 0 Å². The average molecular weight is 276 g/mol. The summed E-state index contributed by atoms with van der Waals surface area (Å²) in [7, 11) is 0. The number of ketones is 1. The molecule has 1 heterocycles. The molecule has 1 aromatic heterocycles. The van der Waals surface area contributed by atoms with E-state index in [0.29, 0.717) is 12.8 Å². The molecule has 3 rings (SSSR count). The molecule has 0 saturated heterocycles. The SMILES string of the molecule is O=C(CCc1ccn(-c2ccccc2)n1)c1ccccc1. The number of hydrogen-bond acceptors (Lipinski definition) is 2. The van der Waals surface area contributed by atoms with E-state index in [0.717, 1.165) is 16.9 Å². The fourth-order valence-corrected chi connectivity index (χ4v) is 2.23. The minimum Gasteiger partial charge on any atom is -0.294 e. The van der Waals surface area contributed by atoms with Crippen molar-refractivity contribution in [2.24, 2.45) is 0 Å². The zero-order chi connectivity index (χ0) is 14.5. The summed E-state index contributed by atoms with van der Waals surface area (Å²) in [6.07, 6.45) is 3.07. The van der Waals surface area contributed by atoms with Gasteiger partial charge >= 0.3 is 0 Å². The fourth-order valence-electron chi connectivity index (χ4n) is 2.23. The van der Waals surface area contributed by atoms with Gasteiger partial charge in [0.2, 0.25) is 0 Å². The predicted molar refractivity (Wildman–Crippen MR) is 82.7 cm³/mol. The first-order valence-electron chi connectivity index (χ1n) is 7.01. The molecule has 0 aliphatic carbocycles. The highest BCUT2D eigenvalue weighted by atomic mass is 16.1. The van der Waals surface area contributed by atoms with Gasteiger partial charge in [0.05, 0.1) is 11.4 Å². The molecule has 0 aliphatic heterocycles. The van der Waals surface area contributed by atoms with E-state index in [2.05, 4.69) is 5.10 Å². The van der Waals surface area contributed by atoms with Crippen LogP contribution in [0.2, 0.25) is 0 Å². The van der Waals surface area contributed by atoms with Gasteiger partial charge in [0, 0.05) is 18.2 Å². The number of carbonyl (C=O) groups is 1. The van der Waals surface area contributed by atoms with Crippen molar-refractivity contribution < 1.29 is 4.79 Å². The molecule has 0 amide bonds. The number of aryl methyl sites for hydroxylation is 1. The van der Waals surface area contributed by atoms with Gasteiger partial charge in [-0.3, -0.25) is 4.79 Å². The standard InChI is InChI=1S/C18H16N2O/c21-18(15-7-3-1-4-8-15)12-11-16-13-14-20(19-16)17-9-5-2-6-10-17/h1-10,13-14H,11-12H2. The minimum absolute atomic E-state index is 0.157. The summed E-state index contributed by atoms with van der Waals surface area (Å²) in [5.41, 5.74) is 2.72. The molecular weight excluding hydrogens is 260 g/mol. The van der Waals surface area contributed by atoms with Crippen molar-refractivity contribution in [2.75, 3.05) is 0 Å². The summed E-state index contributed by atoms with van der Waals surface area (Å²) in [6.45, 7) is 0. The van der Waals surface area contributed by atoms with Gasteiger partial charge < -0.3 is 0 Å². The highest BCUT2D eigenvalue weighted by molar-refractivity contribution is 5.96. The van der Waals surface area contributed by atoms with E-state index >= 15 is 0 Å². The number of para-hydroxylation sites is 1. The molecule has 0 saturated carbocycles. The van der Waals surface area contributed by atoms with Gasteiger partial charge in [-0.1, -0.05) is 48.5 Å². The van der Waals surface area contributed by atoms with E-state index in [1.807, 2.05) is 77.6 Å². The Bertz CT molecular complexity index is 717. The molecular formula is C18H16N2O. The van der Waals surface area contributed by atoms with Gasteiger partial charge in [0.25, 0.3) is 0 Å². The summed E-state index contributed by atoms with van der Waals surface area (Å²) in [6, 6.07) is 21.3. The first-order chi connectivity index (χ1) is 10.3. The molecule has 2 aromatic carbocycles. The lowest BCUT2D eigenvalue weighted by Gasteiger charge is -2.01. The zero-order valence-electron chi connectivity index (χ0n) is 11.6. The Hall–Kier alpha value is -2.68. The van der Waals surface area contributed by atoms with E-state index in [1.54, 1.807) is 0 Å². The molecule has 3 nitrogen and oxygen atoms in total. The van der Waals surface area contributed by atoms with E-state index in [9.17, 15) is 4.79 Å². The van der Waals surface area contributed by atoms with E-state index < -0.39 is 0 Å². The van der Waals surface area contributed by atoms with Crippen LogP contribution in [0.5, 0.6) is 0 Å². The number of rotatable bonds is 5. The highest BCUT2D eigenvalue weighted by Crippen LogP contribution is 2.10. The number of carbonyl (C=O) groups excluding carboxylic acids is 1. The Balaban J connectivity index is 1.64. The molecule has 0 spiro atoms. The number of aromatic nitrogens is 2. The molecule has 0 N–H and O–H groups in total. The third-order valence-corrected chi connectivity index (χ3v) is 3.37. The quantitative estimate of drug-likeness (QED) is 0.666. The van der Waals surface area contributed by atoms with Crippen LogP contribution in [0, 0.1) is 0 Å². The van der Waals surface area contributed by atoms with Crippen LogP contribution in [-0.4, -0.2) is 15.6 Å². The van der Waals surface area contributed by atoms with Crippen molar-refractivity contribution in [1.82, 2.24) is 9.78 Å². The largest absolute Gasteiger partial charge is 0.294 e. The van der Waals surface area contributed by atoms with Gasteiger partial charge in [0.15, 0.2) is 5.78 Å². The van der Waals surface area contributed by atoms with E-state index in [-0.39, 0.29) is 5.78 Å². The first-order valence-corrected chi connectivity index (χ1v) is 7.01. The molecule has 21 heavy (non-hydrogen) atoms. The van der Waals surface area contributed by atoms with Gasteiger partial charge in [-0.25, -0.2) is 4.68 Å². The number of nitrogens with zero attached hydrogens (tertiary/aromatic N) is 2. The van der Waals surface area contributed by atoms with Gasteiger partial charge in [-0.2, -0.15) is 5.10 Å². The normalized spacial score (nSPS) is 10.5.